The number of morpholine rings is 1. The van der Waals surface area contributed by atoms with E-state index in [0.717, 1.165) is 11.3 Å². The first-order valence-corrected chi connectivity index (χ1v) is 13.2. The molecule has 11 heteroatoms. The van der Waals surface area contributed by atoms with Gasteiger partial charge in [-0.05, 0) is 0 Å². The van der Waals surface area contributed by atoms with E-state index >= 15 is 0 Å². The number of hydrogen-bond donors (Lipinski definition) is 3. The van der Waals surface area contributed by atoms with E-state index in [-0.39, 0.29) is 12.5 Å². The maximum atomic E-state index is 12.6. The quantitative estimate of drug-likeness (QED) is 0.168. The molecule has 2 aromatic rings. The second-order valence-corrected chi connectivity index (χ2v) is 12.8. The first-order valence-electron chi connectivity index (χ1n) is 8.57. The van der Waals surface area contributed by atoms with Crippen molar-refractivity contribution < 1.29 is 24.2 Å². The van der Waals surface area contributed by atoms with Gasteiger partial charge in [0.2, 0.25) is 0 Å². The molecule has 0 bridgehead atoms. The molecule has 3 rings (SSSR count). The van der Waals surface area contributed by atoms with Crippen molar-refractivity contribution in [3.63, 3.8) is 0 Å². The van der Waals surface area contributed by atoms with Crippen LogP contribution in [0.4, 0.5) is 16.2 Å². The van der Waals surface area contributed by atoms with E-state index in [0.29, 0.717) is 33.7 Å². The molecule has 156 valence electrons. The maximum absolute atomic E-state index is 12.6. The number of benzene rings is 1. The molecule has 0 aliphatic carbocycles. The Morgan fingerprint density at radius 3 is 2.59 bits per heavy atom. The van der Waals surface area contributed by atoms with Gasteiger partial charge in [-0.3, -0.25) is 0 Å². The fraction of sp³-hybridized carbons (Fsp3) is 0.278. The number of halogens is 2. The predicted molar refractivity (Wildman–Crippen MR) is 121 cm³/mol. The van der Waals surface area contributed by atoms with E-state index < -0.39 is 34.0 Å². The SMILES string of the molecule is C[C@@H](O)I(NC(=O)c1ccc(Cl)s1)C(=O)Nc1ccc(N2CCOCC2=O)cc1. The Balaban J connectivity index is 1.65. The summed E-state index contributed by atoms with van der Waals surface area (Å²) < 4.78 is 6.90. The topological polar surface area (TPSA) is 108 Å². The molecule has 1 aliphatic rings. The Bertz CT molecular complexity index is 905. The molecule has 2 heterocycles. The van der Waals surface area contributed by atoms with Crippen LogP contribution in [0.15, 0.2) is 36.4 Å². The van der Waals surface area contributed by atoms with Crippen LogP contribution in [0.5, 0.6) is 0 Å². The van der Waals surface area contributed by atoms with Crippen molar-refractivity contribution in [2.75, 3.05) is 30.0 Å². The number of amides is 3. The number of rotatable bonds is 6. The number of hydrogen-bond acceptors (Lipinski definition) is 6. The fourth-order valence-corrected chi connectivity index (χ4v) is 6.58. The molecule has 8 nitrogen and oxygen atoms in total. The van der Waals surface area contributed by atoms with Crippen LogP contribution in [-0.2, 0) is 9.53 Å². The molecule has 1 saturated heterocycles. The van der Waals surface area contributed by atoms with Crippen LogP contribution in [-0.4, -0.2) is 44.7 Å². The van der Waals surface area contributed by atoms with Gasteiger partial charge < -0.3 is 0 Å². The van der Waals surface area contributed by atoms with Gasteiger partial charge in [-0.15, -0.1) is 0 Å². The van der Waals surface area contributed by atoms with Crippen molar-refractivity contribution in [3.05, 3.63) is 45.6 Å². The molecule has 29 heavy (non-hydrogen) atoms. The van der Waals surface area contributed by atoms with E-state index in [1.807, 2.05) is 0 Å². The number of thiophene rings is 1. The predicted octanol–water partition coefficient (Wildman–Crippen LogP) is 3.49. The van der Waals surface area contributed by atoms with Gasteiger partial charge in [0.1, 0.15) is 0 Å². The van der Waals surface area contributed by atoms with Crippen molar-refractivity contribution in [1.29, 1.82) is 0 Å². The summed E-state index contributed by atoms with van der Waals surface area (Å²) in [5.41, 5.74) is 1.22. The summed E-state index contributed by atoms with van der Waals surface area (Å²) in [4.78, 5) is 38.9. The van der Waals surface area contributed by atoms with E-state index in [9.17, 15) is 19.5 Å². The number of aliphatic hydroxyl groups is 1. The average Bonchev–Trinajstić information content (AvgIpc) is 3.13. The third-order valence-corrected chi connectivity index (χ3v) is 9.32. The van der Waals surface area contributed by atoms with Gasteiger partial charge in [0.25, 0.3) is 0 Å². The summed E-state index contributed by atoms with van der Waals surface area (Å²) in [6.07, 6.45) is 0. The Morgan fingerprint density at radius 2 is 2.00 bits per heavy atom. The zero-order chi connectivity index (χ0) is 21.0. The molecule has 3 amide bonds. The number of ether oxygens (including phenoxy) is 1. The van der Waals surface area contributed by atoms with Crippen molar-refractivity contribution in [2.24, 2.45) is 0 Å². The van der Waals surface area contributed by atoms with Gasteiger partial charge in [-0.2, -0.15) is 0 Å². The number of carbonyl (C=O) groups is 3. The summed E-state index contributed by atoms with van der Waals surface area (Å²) in [5.74, 6) is -0.545. The monoisotopic (exact) mass is 551 g/mol. The van der Waals surface area contributed by atoms with Gasteiger partial charge in [-0.25, -0.2) is 0 Å². The van der Waals surface area contributed by atoms with Crippen LogP contribution in [0.25, 0.3) is 0 Å². The Morgan fingerprint density at radius 1 is 1.28 bits per heavy atom. The number of aliphatic hydroxyl groups excluding tert-OH is 1. The molecule has 3 N–H and O–H groups in total. The summed E-state index contributed by atoms with van der Waals surface area (Å²) >= 11 is 3.99. The number of anilines is 2. The molecule has 0 spiro atoms. The van der Waals surface area contributed by atoms with Crippen LogP contribution in [0.2, 0.25) is 4.34 Å². The van der Waals surface area contributed by atoms with Crippen molar-refractivity contribution in [2.45, 2.75) is 11.0 Å². The first-order chi connectivity index (χ1) is 13.8. The molecule has 0 saturated carbocycles. The van der Waals surface area contributed by atoms with Gasteiger partial charge in [0, 0.05) is 0 Å². The Hall–Kier alpha value is -1.73. The minimum atomic E-state index is -2.96. The van der Waals surface area contributed by atoms with Gasteiger partial charge in [0.15, 0.2) is 0 Å². The summed E-state index contributed by atoms with van der Waals surface area (Å²) in [7, 11) is 0. The molecular formula is C18H19ClIN3O5S. The van der Waals surface area contributed by atoms with Gasteiger partial charge in [0.05, 0.1) is 0 Å². The number of nitrogens with zero attached hydrogens (tertiary/aromatic N) is 1. The molecule has 1 atom stereocenters. The Labute approximate surface area is 183 Å². The van der Waals surface area contributed by atoms with Gasteiger partial charge in [-0.1, -0.05) is 0 Å². The number of nitrogens with one attached hydrogen (secondary N) is 2. The zero-order valence-corrected chi connectivity index (χ0v) is 19.1. The van der Waals surface area contributed by atoms with E-state index in [1.54, 1.807) is 41.3 Å². The summed E-state index contributed by atoms with van der Waals surface area (Å²) in [6, 6.07) is 9.98. The van der Waals surface area contributed by atoms with E-state index in [1.165, 1.54) is 6.92 Å². The molecule has 1 aromatic carbocycles. The second kappa shape index (κ2) is 9.85. The number of carbonyl (C=O) groups excluding carboxylic acids is 3. The normalized spacial score (nSPS) is 15.6. The molecule has 1 fully saturated rings. The molecular weight excluding hydrogens is 533 g/mol. The van der Waals surface area contributed by atoms with E-state index in [4.69, 9.17) is 16.3 Å². The van der Waals surface area contributed by atoms with Crippen molar-refractivity contribution in [1.82, 2.24) is 3.53 Å². The average molecular weight is 552 g/mol. The standard InChI is InChI=1S/C18H19ClIN3O5S/c1-11(24)20(22-17(26)14-6-7-15(19)29-14)18(27)21-12-2-4-13(5-3-12)23-8-9-28-10-16(23)25/h2-7,11,24H,8-10H2,1H3,(H,21,27)(H,22,26)/t11-/m1/s1. The van der Waals surface area contributed by atoms with Crippen molar-refractivity contribution in [3.8, 4) is 0 Å². The Kier molecular flexibility index (Phi) is 7.46. The van der Waals surface area contributed by atoms with Crippen LogP contribution in [0, 0.1) is 0 Å². The molecule has 1 aromatic heterocycles. The van der Waals surface area contributed by atoms with Crippen LogP contribution >= 0.6 is 43.0 Å². The second-order valence-electron chi connectivity index (χ2n) is 5.96. The van der Waals surface area contributed by atoms with Crippen molar-refractivity contribution >= 4 is 70.1 Å². The third kappa shape index (κ3) is 5.66. The minimum absolute atomic E-state index is 0.0516. The van der Waals surface area contributed by atoms with E-state index in [2.05, 4.69) is 8.85 Å². The fourth-order valence-electron chi connectivity index (χ4n) is 2.52. The summed E-state index contributed by atoms with van der Waals surface area (Å²) in [6.45, 7) is 2.48. The van der Waals surface area contributed by atoms with Crippen LogP contribution in [0.3, 0.4) is 0 Å². The summed E-state index contributed by atoms with van der Waals surface area (Å²) in [5, 5.41) is 12.8. The third-order valence-electron chi connectivity index (χ3n) is 3.89. The van der Waals surface area contributed by atoms with Crippen LogP contribution < -0.4 is 13.7 Å². The molecule has 0 unspecified atom stereocenters. The molecule has 1 aliphatic heterocycles. The van der Waals surface area contributed by atoms with Gasteiger partial charge >= 0.3 is 185 Å². The first kappa shape index (κ1) is 22.0. The number of alkyl halides is 1. The van der Waals surface area contributed by atoms with Crippen LogP contribution in [0.1, 0.15) is 16.6 Å². The molecule has 0 radical (unpaired) electrons. The zero-order valence-electron chi connectivity index (χ0n) is 15.4.